The van der Waals surface area contributed by atoms with E-state index in [9.17, 15) is 44.4 Å². The molecule has 0 saturated heterocycles. The first-order valence-electron chi connectivity index (χ1n) is 11.8. The number of anilines is 1. The molecule has 12 nitrogen and oxygen atoms in total. The molecule has 0 bridgehead atoms. The summed E-state index contributed by atoms with van der Waals surface area (Å²) in [7, 11) is 4.49. The Kier molecular flexibility index (Phi) is 5.41. The van der Waals surface area contributed by atoms with E-state index >= 15 is 0 Å². The van der Waals surface area contributed by atoms with Crippen LogP contribution >= 0.6 is 0 Å². The first-order valence-corrected chi connectivity index (χ1v) is 11.8. The molecule has 0 spiro atoms. The van der Waals surface area contributed by atoms with Gasteiger partial charge in [-0.25, -0.2) is 0 Å². The van der Waals surface area contributed by atoms with E-state index in [1.807, 2.05) is 0 Å². The van der Waals surface area contributed by atoms with Crippen molar-refractivity contribution in [3.05, 3.63) is 60.6 Å². The molecule has 0 heterocycles. The molecule has 38 heavy (non-hydrogen) atoms. The van der Waals surface area contributed by atoms with E-state index in [1.165, 1.54) is 38.2 Å². The number of likely N-dealkylation sites (N-methyl/N-ethyl adjacent to an activating group) is 1. The number of primary amides is 1. The van der Waals surface area contributed by atoms with Crippen LogP contribution in [0, 0.1) is 11.8 Å². The number of nitrogens with two attached hydrogens (primary N) is 1. The van der Waals surface area contributed by atoms with Crippen molar-refractivity contribution in [2.75, 3.05) is 26.5 Å². The van der Waals surface area contributed by atoms with Gasteiger partial charge < -0.3 is 31.5 Å². The molecule has 3 aliphatic carbocycles. The van der Waals surface area contributed by atoms with Crippen LogP contribution in [-0.2, 0) is 20.8 Å². The first kappa shape index (κ1) is 25.4. The standard InChI is InChI=1S/C26H25N3O9/c1-28-17-15(21(33)22(17)34)9-4-5-12(30)14-10(9)6-8-7-11-18(29(2)3)20(32)16(25(27)37)24(36)26(11,38)23(35)13(8)19(14)31/h4-5,8,11,18,28,30-31,36,38H,6-7H2,1-3H3,(H2,27,37)/t8?,11?,18-,26-/m0/s1. The lowest BCUT2D eigenvalue weighted by Crippen LogP contribution is -2.65. The summed E-state index contributed by atoms with van der Waals surface area (Å²) in [5.74, 6) is -7.59. The molecule has 0 radical (unpaired) electrons. The molecule has 7 N–H and O–H groups in total. The van der Waals surface area contributed by atoms with Gasteiger partial charge in [-0.15, -0.1) is 0 Å². The lowest BCUT2D eigenvalue weighted by molar-refractivity contribution is -0.153. The molecule has 2 unspecified atom stereocenters. The first-order chi connectivity index (χ1) is 17.8. The number of nitrogens with zero attached hydrogens (tertiary/aromatic N) is 1. The molecule has 4 atom stereocenters. The van der Waals surface area contributed by atoms with Crippen molar-refractivity contribution < 1.29 is 34.8 Å². The minimum atomic E-state index is -2.74. The van der Waals surface area contributed by atoms with Gasteiger partial charge in [-0.3, -0.25) is 28.9 Å². The number of ketones is 2. The van der Waals surface area contributed by atoms with Crippen molar-refractivity contribution in [2.24, 2.45) is 17.6 Å². The fourth-order valence-corrected chi connectivity index (χ4v) is 6.37. The number of phenols is 1. The Labute approximate surface area is 215 Å². The second-order valence-electron chi connectivity index (χ2n) is 10.1. The average Bonchev–Trinajstić information content (AvgIpc) is 2.84. The summed E-state index contributed by atoms with van der Waals surface area (Å²) in [6, 6.07) is 1.43. The van der Waals surface area contributed by atoms with E-state index in [-0.39, 0.29) is 40.8 Å². The number of hydrogen-bond acceptors (Lipinski definition) is 11. The molecule has 0 aliphatic heterocycles. The van der Waals surface area contributed by atoms with Crippen LogP contribution < -0.4 is 21.9 Å². The number of benzene rings is 1. The summed E-state index contributed by atoms with van der Waals surface area (Å²) in [6.45, 7) is 0. The lowest BCUT2D eigenvalue weighted by atomic mass is 9.57. The maximum Gasteiger partial charge on any atom is 0.255 e. The molecule has 5 rings (SSSR count). The van der Waals surface area contributed by atoms with Gasteiger partial charge in [-0.2, -0.15) is 0 Å². The summed E-state index contributed by atoms with van der Waals surface area (Å²) in [4.78, 5) is 64.9. The van der Waals surface area contributed by atoms with Crippen LogP contribution in [0.15, 0.2) is 38.6 Å². The summed E-state index contributed by atoms with van der Waals surface area (Å²) in [5, 5.41) is 47.1. The van der Waals surface area contributed by atoms with E-state index in [0.717, 1.165) is 0 Å². The zero-order chi connectivity index (χ0) is 28.0. The molecule has 198 valence electrons. The molecular formula is C26H25N3O9. The number of hydrogen-bond donors (Lipinski definition) is 6. The van der Waals surface area contributed by atoms with Crippen molar-refractivity contribution in [1.82, 2.24) is 4.90 Å². The van der Waals surface area contributed by atoms with Crippen molar-refractivity contribution in [1.29, 1.82) is 0 Å². The fourth-order valence-electron chi connectivity index (χ4n) is 6.37. The second-order valence-corrected chi connectivity index (χ2v) is 10.1. The Hall–Kier alpha value is -4.29. The highest BCUT2D eigenvalue weighted by Gasteiger charge is 2.64. The normalized spacial score (nSPS) is 26.9. The smallest absolute Gasteiger partial charge is 0.255 e. The molecule has 1 amide bonds. The van der Waals surface area contributed by atoms with Gasteiger partial charge in [0.05, 0.1) is 22.9 Å². The van der Waals surface area contributed by atoms with Gasteiger partial charge in [-0.1, -0.05) is 6.07 Å². The van der Waals surface area contributed by atoms with E-state index in [0.29, 0.717) is 5.56 Å². The van der Waals surface area contributed by atoms with Crippen molar-refractivity contribution in [3.63, 3.8) is 0 Å². The molecule has 0 aromatic heterocycles. The highest BCUT2D eigenvalue weighted by Crippen LogP contribution is 2.53. The van der Waals surface area contributed by atoms with Crippen molar-refractivity contribution >= 4 is 28.9 Å². The van der Waals surface area contributed by atoms with Gasteiger partial charge in [0.1, 0.15) is 22.8 Å². The summed E-state index contributed by atoms with van der Waals surface area (Å²) < 4.78 is 0. The number of nitrogens with one attached hydrogen (secondary N) is 1. The maximum absolute atomic E-state index is 13.8. The molecule has 1 saturated carbocycles. The Balaban J connectivity index is 1.76. The fraction of sp³-hybridized carbons (Fsp3) is 0.346. The number of aromatic hydroxyl groups is 1. The van der Waals surface area contributed by atoms with Gasteiger partial charge in [0.15, 0.2) is 11.4 Å². The number of carbonyl (C=O) groups excluding carboxylic acids is 3. The van der Waals surface area contributed by atoms with Crippen LogP contribution in [0.3, 0.4) is 0 Å². The average molecular weight is 523 g/mol. The number of amides is 1. The summed E-state index contributed by atoms with van der Waals surface area (Å²) in [5.41, 5.74) is 0.509. The van der Waals surface area contributed by atoms with E-state index in [1.54, 1.807) is 0 Å². The molecule has 12 heteroatoms. The Morgan fingerprint density at radius 2 is 1.74 bits per heavy atom. The van der Waals surface area contributed by atoms with Gasteiger partial charge in [-0.05, 0) is 50.0 Å². The largest absolute Gasteiger partial charge is 0.508 e. The predicted molar refractivity (Wildman–Crippen MR) is 134 cm³/mol. The van der Waals surface area contributed by atoms with Gasteiger partial charge in [0.25, 0.3) is 5.91 Å². The zero-order valence-corrected chi connectivity index (χ0v) is 20.7. The monoisotopic (exact) mass is 523 g/mol. The summed E-state index contributed by atoms with van der Waals surface area (Å²) >= 11 is 0. The molecule has 2 aromatic carbocycles. The topological polar surface area (TPSA) is 208 Å². The van der Waals surface area contributed by atoms with Crippen LogP contribution in [0.4, 0.5) is 5.69 Å². The highest BCUT2D eigenvalue weighted by molar-refractivity contribution is 6.24. The third-order valence-corrected chi connectivity index (χ3v) is 8.03. The molecule has 1 fully saturated rings. The van der Waals surface area contributed by atoms with E-state index in [2.05, 4.69) is 5.32 Å². The number of aliphatic hydroxyl groups is 3. The minimum Gasteiger partial charge on any atom is -0.508 e. The SMILES string of the molecule is CNc1c(-c2ccc(O)c3c2CC2CC4[C@H](N(C)C)C(=O)C(C(N)=O)=C(O)[C@@]4(O)C(=O)C2=C3O)c(=O)c1=O. The van der Waals surface area contributed by atoms with Crippen LogP contribution in [0.5, 0.6) is 5.75 Å². The number of carbonyl (C=O) groups is 3. The number of Topliss-reactive ketones (excluding diaryl/α,β-unsaturated/α-hetero) is 2. The summed E-state index contributed by atoms with van der Waals surface area (Å²) in [6.07, 6.45) is -0.0914. The molecule has 3 aliphatic rings. The maximum atomic E-state index is 13.8. The van der Waals surface area contributed by atoms with E-state index in [4.69, 9.17) is 5.73 Å². The second kappa shape index (κ2) is 8.10. The minimum absolute atomic E-state index is 0.000235. The third-order valence-electron chi connectivity index (χ3n) is 8.03. The highest BCUT2D eigenvalue weighted by atomic mass is 16.3. The Morgan fingerprint density at radius 3 is 2.32 bits per heavy atom. The number of aliphatic hydroxyl groups excluding tert-OH is 2. The van der Waals surface area contributed by atoms with Crippen molar-refractivity contribution in [3.8, 4) is 16.9 Å². The number of fused-ring (bicyclic) bond motifs is 3. The van der Waals surface area contributed by atoms with Crippen LogP contribution in [0.25, 0.3) is 16.9 Å². The van der Waals surface area contributed by atoms with Crippen LogP contribution in [0.1, 0.15) is 17.5 Å². The Morgan fingerprint density at radius 1 is 1.08 bits per heavy atom. The van der Waals surface area contributed by atoms with Crippen molar-refractivity contribution in [2.45, 2.75) is 24.5 Å². The van der Waals surface area contributed by atoms with E-state index < -0.39 is 74.7 Å². The quantitative estimate of drug-likeness (QED) is 0.217. The van der Waals surface area contributed by atoms with Gasteiger partial charge in [0, 0.05) is 18.5 Å². The number of phenolic OH excluding ortho intramolecular Hbond substituents is 1. The predicted octanol–water partition coefficient (Wildman–Crippen LogP) is -0.731. The van der Waals surface area contributed by atoms with Gasteiger partial charge in [0.2, 0.25) is 16.6 Å². The number of rotatable bonds is 4. The zero-order valence-electron chi connectivity index (χ0n) is 20.7. The van der Waals surface area contributed by atoms with Crippen LogP contribution in [-0.4, -0.2) is 75.6 Å². The Bertz CT molecular complexity index is 1610. The molecule has 2 aromatic rings. The third kappa shape index (κ3) is 2.95. The molecular weight excluding hydrogens is 498 g/mol. The van der Waals surface area contributed by atoms with Gasteiger partial charge >= 0.3 is 0 Å². The van der Waals surface area contributed by atoms with Crippen LogP contribution in [0.2, 0.25) is 0 Å². The lowest BCUT2D eigenvalue weighted by Gasteiger charge is -2.50.